The molecule has 1 unspecified atom stereocenters. The molecule has 3 rings (SSSR count). The number of benzene rings is 1. The molecule has 2 atom stereocenters. The molecule has 0 bridgehead atoms. The normalized spacial score (nSPS) is 19.3. The highest BCUT2D eigenvalue weighted by atomic mass is 16.5. The first-order chi connectivity index (χ1) is 10.7. The van der Waals surface area contributed by atoms with Crippen LogP contribution in [0.25, 0.3) is 0 Å². The Balaban J connectivity index is 1.76. The number of anilines is 2. The Morgan fingerprint density at radius 2 is 2.18 bits per heavy atom. The van der Waals surface area contributed by atoms with E-state index < -0.39 is 0 Å². The van der Waals surface area contributed by atoms with Crippen molar-refractivity contribution in [2.45, 2.75) is 25.3 Å². The Bertz CT molecular complexity index is 709. The summed E-state index contributed by atoms with van der Waals surface area (Å²) in [7, 11) is 0. The summed E-state index contributed by atoms with van der Waals surface area (Å²) < 4.78 is 5.41. The quantitative estimate of drug-likeness (QED) is 0.885. The average Bonchev–Trinajstić information content (AvgIpc) is 3.27. The van der Waals surface area contributed by atoms with Crippen molar-refractivity contribution < 1.29 is 4.74 Å². The van der Waals surface area contributed by atoms with Crippen LogP contribution >= 0.6 is 0 Å². The summed E-state index contributed by atoms with van der Waals surface area (Å²) in [5, 5.41) is 12.5. The van der Waals surface area contributed by atoms with E-state index in [0.29, 0.717) is 41.5 Å². The van der Waals surface area contributed by atoms with Gasteiger partial charge in [0.05, 0.1) is 12.3 Å². The lowest BCUT2D eigenvalue weighted by Gasteiger charge is -2.11. The van der Waals surface area contributed by atoms with Crippen LogP contribution in [0.1, 0.15) is 30.4 Å². The lowest BCUT2D eigenvalue weighted by Crippen LogP contribution is -2.09. The highest BCUT2D eigenvalue weighted by Gasteiger charge is 2.38. The summed E-state index contributed by atoms with van der Waals surface area (Å²) in [6, 6.07) is 14.5. The van der Waals surface area contributed by atoms with Crippen LogP contribution in [0.5, 0.6) is 5.88 Å². The Labute approximate surface area is 129 Å². The van der Waals surface area contributed by atoms with Crippen LogP contribution in [-0.2, 0) is 0 Å². The summed E-state index contributed by atoms with van der Waals surface area (Å²) >= 11 is 0. The molecule has 3 N–H and O–H groups in total. The van der Waals surface area contributed by atoms with E-state index in [1.165, 1.54) is 5.56 Å². The molecule has 112 valence electrons. The van der Waals surface area contributed by atoms with Gasteiger partial charge in [-0.25, -0.2) is 0 Å². The number of aromatic nitrogens is 1. The van der Waals surface area contributed by atoms with Crippen LogP contribution < -0.4 is 15.8 Å². The van der Waals surface area contributed by atoms with Crippen LogP contribution in [0.2, 0.25) is 0 Å². The van der Waals surface area contributed by atoms with Gasteiger partial charge in [-0.1, -0.05) is 30.3 Å². The number of hydrogen-bond donors (Lipinski definition) is 2. The van der Waals surface area contributed by atoms with E-state index in [0.717, 1.165) is 6.42 Å². The number of nitriles is 1. The maximum Gasteiger partial charge on any atom is 0.235 e. The van der Waals surface area contributed by atoms with E-state index >= 15 is 0 Å². The van der Waals surface area contributed by atoms with Gasteiger partial charge in [0.25, 0.3) is 0 Å². The second-order valence-electron chi connectivity index (χ2n) is 5.33. The third kappa shape index (κ3) is 2.82. The second-order valence-corrected chi connectivity index (χ2v) is 5.33. The zero-order valence-electron chi connectivity index (χ0n) is 12.4. The zero-order chi connectivity index (χ0) is 15.5. The predicted octanol–water partition coefficient (Wildman–Crippen LogP) is 2.90. The van der Waals surface area contributed by atoms with Gasteiger partial charge in [0.1, 0.15) is 17.5 Å². The van der Waals surface area contributed by atoms with Crippen molar-refractivity contribution in [3.8, 4) is 11.9 Å². The van der Waals surface area contributed by atoms with Crippen LogP contribution in [0.3, 0.4) is 0 Å². The maximum absolute atomic E-state index is 9.13. The van der Waals surface area contributed by atoms with Crippen molar-refractivity contribution in [3.05, 3.63) is 47.5 Å². The van der Waals surface area contributed by atoms with E-state index in [9.17, 15) is 0 Å². The fourth-order valence-electron chi connectivity index (χ4n) is 2.58. The second kappa shape index (κ2) is 5.94. The first-order valence-electron chi connectivity index (χ1n) is 7.37. The van der Waals surface area contributed by atoms with E-state index in [1.807, 2.05) is 19.1 Å². The fraction of sp³-hybridized carbons (Fsp3) is 0.294. The highest BCUT2D eigenvalue weighted by Crippen LogP contribution is 2.43. The molecular formula is C17H18N4O. The number of nitrogen functional groups attached to an aromatic ring is 1. The molecule has 1 aromatic heterocycles. The van der Waals surface area contributed by atoms with Crippen molar-refractivity contribution in [2.24, 2.45) is 0 Å². The van der Waals surface area contributed by atoms with E-state index in [2.05, 4.69) is 34.6 Å². The lowest BCUT2D eigenvalue weighted by molar-refractivity contribution is 0.326. The first-order valence-corrected chi connectivity index (χ1v) is 7.37. The van der Waals surface area contributed by atoms with Gasteiger partial charge in [-0.3, -0.25) is 0 Å². The maximum atomic E-state index is 9.13. The van der Waals surface area contributed by atoms with Crippen molar-refractivity contribution in [1.29, 1.82) is 5.26 Å². The summed E-state index contributed by atoms with van der Waals surface area (Å²) in [6.07, 6.45) is 1.07. The van der Waals surface area contributed by atoms with Gasteiger partial charge in [0, 0.05) is 18.0 Å². The van der Waals surface area contributed by atoms with Gasteiger partial charge in [-0.15, -0.1) is 0 Å². The molecule has 2 aromatic rings. The molecule has 1 aromatic carbocycles. The smallest absolute Gasteiger partial charge is 0.235 e. The number of pyridine rings is 1. The van der Waals surface area contributed by atoms with Crippen LogP contribution in [-0.4, -0.2) is 17.6 Å². The standard InChI is InChI=1S/C17H18N4O/c1-2-22-17-13(10-18)14(19)9-16(21-17)20-15-8-12(15)11-6-4-3-5-7-11/h3-7,9,12,15H,2,8H2,1H3,(H3,19,20,21)/t12-,15?/m0/s1. The minimum absolute atomic E-state index is 0.294. The Hall–Kier alpha value is -2.74. The van der Waals surface area contributed by atoms with E-state index in [4.69, 9.17) is 15.7 Å². The lowest BCUT2D eigenvalue weighted by atomic mass is 10.1. The van der Waals surface area contributed by atoms with Crippen molar-refractivity contribution in [3.63, 3.8) is 0 Å². The number of nitrogens with one attached hydrogen (secondary N) is 1. The van der Waals surface area contributed by atoms with E-state index in [-0.39, 0.29) is 0 Å². The monoisotopic (exact) mass is 294 g/mol. The van der Waals surface area contributed by atoms with Gasteiger partial charge >= 0.3 is 0 Å². The van der Waals surface area contributed by atoms with E-state index in [1.54, 1.807) is 6.07 Å². The highest BCUT2D eigenvalue weighted by molar-refractivity contribution is 5.64. The molecule has 1 aliphatic rings. The number of nitrogens with two attached hydrogens (primary N) is 1. The van der Waals surface area contributed by atoms with Crippen LogP contribution in [0.15, 0.2) is 36.4 Å². The van der Waals surface area contributed by atoms with Gasteiger partial charge in [0.2, 0.25) is 5.88 Å². The molecule has 0 aliphatic heterocycles. The summed E-state index contributed by atoms with van der Waals surface area (Å²) in [4.78, 5) is 4.37. The topological polar surface area (TPSA) is 84.0 Å². The number of nitrogens with zero attached hydrogens (tertiary/aromatic N) is 2. The third-order valence-electron chi connectivity index (χ3n) is 3.76. The molecule has 0 amide bonds. The predicted molar refractivity (Wildman–Crippen MR) is 85.7 cm³/mol. The molecule has 1 aliphatic carbocycles. The van der Waals surface area contributed by atoms with Gasteiger partial charge in [0.15, 0.2) is 0 Å². The largest absolute Gasteiger partial charge is 0.477 e. The van der Waals surface area contributed by atoms with Gasteiger partial charge < -0.3 is 15.8 Å². The zero-order valence-corrected chi connectivity index (χ0v) is 12.4. The molecule has 1 heterocycles. The Morgan fingerprint density at radius 3 is 2.86 bits per heavy atom. The van der Waals surface area contributed by atoms with Crippen LogP contribution in [0, 0.1) is 11.3 Å². The molecule has 5 heteroatoms. The van der Waals surface area contributed by atoms with Crippen molar-refractivity contribution in [1.82, 2.24) is 4.98 Å². The molecule has 0 saturated heterocycles. The van der Waals surface area contributed by atoms with Crippen molar-refractivity contribution in [2.75, 3.05) is 17.7 Å². The van der Waals surface area contributed by atoms with Gasteiger partial charge in [-0.05, 0) is 18.9 Å². The first kappa shape index (κ1) is 14.2. The minimum atomic E-state index is 0.294. The summed E-state index contributed by atoms with van der Waals surface area (Å²) in [5.74, 6) is 1.45. The molecule has 0 spiro atoms. The summed E-state index contributed by atoms with van der Waals surface area (Å²) in [5.41, 5.74) is 7.93. The SMILES string of the molecule is CCOc1nc(NC2C[C@H]2c2ccccc2)cc(N)c1C#N. The molecule has 1 fully saturated rings. The van der Waals surface area contributed by atoms with Crippen molar-refractivity contribution >= 4 is 11.5 Å². The average molecular weight is 294 g/mol. The van der Waals surface area contributed by atoms with Gasteiger partial charge in [-0.2, -0.15) is 10.2 Å². The van der Waals surface area contributed by atoms with Crippen LogP contribution in [0.4, 0.5) is 11.5 Å². The third-order valence-corrected chi connectivity index (χ3v) is 3.76. The Kier molecular flexibility index (Phi) is 3.84. The minimum Gasteiger partial charge on any atom is -0.477 e. The molecule has 1 saturated carbocycles. The Morgan fingerprint density at radius 1 is 1.41 bits per heavy atom. The molecule has 22 heavy (non-hydrogen) atoms. The molecular weight excluding hydrogens is 276 g/mol. The number of ether oxygens (including phenoxy) is 1. The number of rotatable bonds is 5. The molecule has 0 radical (unpaired) electrons. The molecule has 5 nitrogen and oxygen atoms in total. The fourth-order valence-corrected chi connectivity index (χ4v) is 2.58. The summed E-state index contributed by atoms with van der Waals surface area (Å²) in [6.45, 7) is 2.30. The number of hydrogen-bond acceptors (Lipinski definition) is 5.